The maximum Gasteiger partial charge on any atom is 0.198 e. The summed E-state index contributed by atoms with van der Waals surface area (Å²) in [6.45, 7) is 1.94. The van der Waals surface area contributed by atoms with E-state index in [9.17, 15) is 0 Å². The van der Waals surface area contributed by atoms with Crippen LogP contribution in [0.3, 0.4) is 0 Å². The van der Waals surface area contributed by atoms with E-state index in [0.29, 0.717) is 22.1 Å². The van der Waals surface area contributed by atoms with Crippen molar-refractivity contribution in [3.8, 4) is 28.6 Å². The molecule has 0 radical (unpaired) electrons. The Morgan fingerprint density at radius 1 is 1.09 bits per heavy atom. The number of nitrogens with one attached hydrogen (secondary N) is 1. The SMILES string of the molecule is Cc1cccc(-c2nn(C(=S)Nc3cccc(C#N)c3)cc2-c2ccc3ncnn3c2)n1. The number of benzene rings is 1. The van der Waals surface area contributed by atoms with Crippen LogP contribution in [0.4, 0.5) is 5.69 Å². The number of nitrogens with zero attached hydrogens (tertiary/aromatic N) is 7. The average molecular weight is 437 g/mol. The lowest BCUT2D eigenvalue weighted by Gasteiger charge is -2.07. The number of hydrogen-bond donors (Lipinski definition) is 1. The van der Waals surface area contributed by atoms with Crippen molar-refractivity contribution in [1.82, 2.24) is 29.4 Å². The Balaban J connectivity index is 1.59. The third-order valence-electron chi connectivity index (χ3n) is 4.88. The maximum atomic E-state index is 9.14. The number of aryl methyl sites for hydroxylation is 1. The van der Waals surface area contributed by atoms with Crippen LogP contribution in [0.15, 0.2) is 73.3 Å². The number of fused-ring (bicyclic) bond motifs is 1. The number of anilines is 1. The summed E-state index contributed by atoms with van der Waals surface area (Å²) in [5, 5.41) is 21.6. The fourth-order valence-electron chi connectivity index (χ4n) is 3.38. The van der Waals surface area contributed by atoms with Gasteiger partial charge in [0.2, 0.25) is 0 Å². The second-order valence-electron chi connectivity index (χ2n) is 7.10. The van der Waals surface area contributed by atoms with Gasteiger partial charge in [0.05, 0.1) is 17.3 Å². The van der Waals surface area contributed by atoms with Gasteiger partial charge < -0.3 is 5.32 Å². The summed E-state index contributed by atoms with van der Waals surface area (Å²) in [4.78, 5) is 8.86. The highest BCUT2D eigenvalue weighted by molar-refractivity contribution is 7.80. The van der Waals surface area contributed by atoms with Crippen LogP contribution in [0.1, 0.15) is 11.3 Å². The molecule has 154 valence electrons. The van der Waals surface area contributed by atoms with Gasteiger partial charge in [-0.15, -0.1) is 0 Å². The molecule has 0 atom stereocenters. The highest BCUT2D eigenvalue weighted by atomic mass is 32.1. The van der Waals surface area contributed by atoms with Gasteiger partial charge in [0.25, 0.3) is 0 Å². The summed E-state index contributed by atoms with van der Waals surface area (Å²) in [6.07, 6.45) is 5.27. The van der Waals surface area contributed by atoms with Gasteiger partial charge in [0.15, 0.2) is 10.8 Å². The highest BCUT2D eigenvalue weighted by Crippen LogP contribution is 2.30. The van der Waals surface area contributed by atoms with Gasteiger partial charge in [-0.05, 0) is 61.6 Å². The van der Waals surface area contributed by atoms with Crippen molar-refractivity contribution in [1.29, 1.82) is 5.26 Å². The third-order valence-corrected chi connectivity index (χ3v) is 5.17. The fourth-order valence-corrected chi connectivity index (χ4v) is 3.59. The summed E-state index contributed by atoms with van der Waals surface area (Å²) in [5.74, 6) is 0. The molecule has 0 spiro atoms. The van der Waals surface area contributed by atoms with Gasteiger partial charge in [-0.2, -0.15) is 15.5 Å². The smallest absolute Gasteiger partial charge is 0.198 e. The predicted molar refractivity (Wildman–Crippen MR) is 125 cm³/mol. The van der Waals surface area contributed by atoms with E-state index in [1.165, 1.54) is 6.33 Å². The lowest BCUT2D eigenvalue weighted by atomic mass is 10.1. The molecule has 8 nitrogen and oxygen atoms in total. The van der Waals surface area contributed by atoms with Crippen LogP contribution in [0.25, 0.3) is 28.2 Å². The number of nitriles is 1. The van der Waals surface area contributed by atoms with Crippen molar-refractivity contribution in [2.75, 3.05) is 5.32 Å². The molecule has 0 fully saturated rings. The molecule has 0 bridgehead atoms. The molecule has 0 saturated heterocycles. The second-order valence-corrected chi connectivity index (χ2v) is 7.49. The molecule has 5 rings (SSSR count). The lowest BCUT2D eigenvalue weighted by Crippen LogP contribution is -2.19. The van der Waals surface area contributed by atoms with Crippen molar-refractivity contribution in [3.63, 3.8) is 0 Å². The molecule has 5 aromatic rings. The van der Waals surface area contributed by atoms with E-state index < -0.39 is 0 Å². The Labute approximate surface area is 188 Å². The Morgan fingerprint density at radius 3 is 2.81 bits per heavy atom. The van der Waals surface area contributed by atoms with Crippen LogP contribution < -0.4 is 5.32 Å². The zero-order chi connectivity index (χ0) is 22.1. The van der Waals surface area contributed by atoms with Crippen LogP contribution in [0.5, 0.6) is 0 Å². The van der Waals surface area contributed by atoms with E-state index in [4.69, 9.17) is 22.6 Å². The largest absolute Gasteiger partial charge is 0.331 e. The second kappa shape index (κ2) is 8.02. The number of thiocarbonyl (C=S) groups is 1. The summed E-state index contributed by atoms with van der Waals surface area (Å²) >= 11 is 5.60. The molecule has 1 N–H and O–H groups in total. The van der Waals surface area contributed by atoms with Gasteiger partial charge in [0, 0.05) is 34.9 Å². The first-order valence-corrected chi connectivity index (χ1v) is 10.2. The number of hydrogen-bond acceptors (Lipinski definition) is 6. The zero-order valence-electron chi connectivity index (χ0n) is 17.0. The summed E-state index contributed by atoms with van der Waals surface area (Å²) in [6, 6.07) is 18.9. The van der Waals surface area contributed by atoms with E-state index in [0.717, 1.165) is 28.2 Å². The highest BCUT2D eigenvalue weighted by Gasteiger charge is 2.17. The molecule has 4 heterocycles. The predicted octanol–water partition coefficient (Wildman–Crippen LogP) is 4.08. The summed E-state index contributed by atoms with van der Waals surface area (Å²) in [5.41, 5.74) is 6.11. The number of rotatable bonds is 3. The lowest BCUT2D eigenvalue weighted by molar-refractivity contribution is 0.947. The molecule has 0 aliphatic rings. The van der Waals surface area contributed by atoms with Crippen LogP contribution >= 0.6 is 12.2 Å². The van der Waals surface area contributed by atoms with Crippen LogP contribution in [-0.4, -0.2) is 34.5 Å². The summed E-state index contributed by atoms with van der Waals surface area (Å²) < 4.78 is 3.32. The van der Waals surface area contributed by atoms with Crippen molar-refractivity contribution in [2.45, 2.75) is 6.92 Å². The molecular weight excluding hydrogens is 420 g/mol. The van der Waals surface area contributed by atoms with Gasteiger partial charge in [-0.25, -0.2) is 14.2 Å². The van der Waals surface area contributed by atoms with Crippen molar-refractivity contribution >= 4 is 28.7 Å². The van der Waals surface area contributed by atoms with E-state index in [1.807, 2.05) is 55.7 Å². The molecule has 1 aromatic carbocycles. The standard InChI is InChI=1S/C23H16N8S/c1-15-4-2-7-20(27-15)22-19(17-8-9-21-25-14-26-30(21)12-17)13-31(29-22)23(32)28-18-6-3-5-16(10-18)11-24/h2-10,12-14H,1H3,(H,28,32). The zero-order valence-corrected chi connectivity index (χ0v) is 17.8. The third kappa shape index (κ3) is 3.71. The van der Waals surface area contributed by atoms with Gasteiger partial charge in [0.1, 0.15) is 12.0 Å². The van der Waals surface area contributed by atoms with Gasteiger partial charge in [-0.1, -0.05) is 12.1 Å². The Hall–Kier alpha value is -4.42. The van der Waals surface area contributed by atoms with Crippen LogP contribution in [0.2, 0.25) is 0 Å². The average Bonchev–Trinajstić information content (AvgIpc) is 3.46. The minimum atomic E-state index is 0.377. The Morgan fingerprint density at radius 2 is 1.97 bits per heavy atom. The maximum absolute atomic E-state index is 9.14. The first-order valence-electron chi connectivity index (χ1n) is 9.76. The number of aromatic nitrogens is 6. The molecule has 0 saturated carbocycles. The monoisotopic (exact) mass is 436 g/mol. The quantitative estimate of drug-likeness (QED) is 0.426. The molecule has 0 amide bonds. The van der Waals surface area contributed by atoms with E-state index in [2.05, 4.69) is 26.5 Å². The minimum absolute atomic E-state index is 0.377. The normalized spacial score (nSPS) is 10.8. The van der Waals surface area contributed by atoms with E-state index in [1.54, 1.807) is 27.4 Å². The topological polar surface area (TPSA) is 96.7 Å². The van der Waals surface area contributed by atoms with Gasteiger partial charge in [-0.3, -0.25) is 4.98 Å². The minimum Gasteiger partial charge on any atom is -0.331 e. The van der Waals surface area contributed by atoms with Crippen LogP contribution in [-0.2, 0) is 0 Å². The molecule has 9 heteroatoms. The molecule has 0 aliphatic heterocycles. The first-order chi connectivity index (χ1) is 15.6. The first kappa shape index (κ1) is 19.5. The molecule has 0 unspecified atom stereocenters. The summed E-state index contributed by atoms with van der Waals surface area (Å²) in [7, 11) is 0. The number of pyridine rings is 2. The van der Waals surface area contributed by atoms with E-state index in [-0.39, 0.29) is 0 Å². The molecule has 0 aliphatic carbocycles. The Bertz CT molecular complexity index is 1510. The molecule has 32 heavy (non-hydrogen) atoms. The molecule has 4 aromatic heterocycles. The fraction of sp³-hybridized carbons (Fsp3) is 0.0435. The van der Waals surface area contributed by atoms with Crippen LogP contribution in [0, 0.1) is 18.3 Å². The molecular formula is C23H16N8S. The Kier molecular flexibility index (Phi) is 4.89. The van der Waals surface area contributed by atoms with Crippen molar-refractivity contribution in [3.05, 3.63) is 84.6 Å². The van der Waals surface area contributed by atoms with Gasteiger partial charge >= 0.3 is 0 Å². The van der Waals surface area contributed by atoms with E-state index >= 15 is 0 Å². The van der Waals surface area contributed by atoms with Crippen molar-refractivity contribution in [2.24, 2.45) is 0 Å². The van der Waals surface area contributed by atoms with Crippen molar-refractivity contribution < 1.29 is 0 Å².